The predicted octanol–water partition coefficient (Wildman–Crippen LogP) is 2.46. The van der Waals surface area contributed by atoms with Gasteiger partial charge in [-0.3, -0.25) is 0 Å². The molecule has 0 radical (unpaired) electrons. The molecule has 110 valence electrons. The van der Waals surface area contributed by atoms with Gasteiger partial charge in [0.05, 0.1) is 4.90 Å². The van der Waals surface area contributed by atoms with Gasteiger partial charge in [0.15, 0.2) is 0 Å². The van der Waals surface area contributed by atoms with Crippen molar-refractivity contribution in [3.8, 4) is 0 Å². The molecule has 1 rings (SSSR count). The second kappa shape index (κ2) is 8.21. The summed E-state index contributed by atoms with van der Waals surface area (Å²) in [5, 5.41) is 3.16. The highest BCUT2D eigenvalue weighted by Crippen LogP contribution is 2.22. The van der Waals surface area contributed by atoms with Gasteiger partial charge < -0.3 is 5.32 Å². The summed E-state index contributed by atoms with van der Waals surface area (Å²) in [4.78, 5) is 0.284. The number of aryl methyl sites for hydroxylation is 1. The van der Waals surface area contributed by atoms with Crippen molar-refractivity contribution in [1.82, 2.24) is 10.0 Å². The molecule has 0 heterocycles. The number of likely N-dealkylation sites (N-methyl/N-ethyl adjacent to an activating group) is 1. The summed E-state index contributed by atoms with van der Waals surface area (Å²) < 4.78 is 27.5. The van der Waals surface area contributed by atoms with Gasteiger partial charge in [-0.15, -0.1) is 12.4 Å². The summed E-state index contributed by atoms with van der Waals surface area (Å²) in [5.41, 5.74) is 0.915. The third-order valence-electron chi connectivity index (χ3n) is 2.51. The minimum absolute atomic E-state index is 0. The number of halogens is 2. The zero-order valence-electron chi connectivity index (χ0n) is 11.2. The van der Waals surface area contributed by atoms with Crippen molar-refractivity contribution in [2.24, 2.45) is 0 Å². The van der Waals surface area contributed by atoms with Crippen LogP contribution in [0.2, 0.25) is 0 Å². The fourth-order valence-corrected chi connectivity index (χ4v) is 3.73. The second-order valence-corrected chi connectivity index (χ2v) is 6.83. The van der Waals surface area contributed by atoms with Gasteiger partial charge in [-0.2, -0.15) is 0 Å². The van der Waals surface area contributed by atoms with E-state index < -0.39 is 10.0 Å². The van der Waals surface area contributed by atoms with Gasteiger partial charge in [0.1, 0.15) is 0 Å². The van der Waals surface area contributed by atoms with E-state index in [1.807, 2.05) is 26.8 Å². The van der Waals surface area contributed by atoms with Gasteiger partial charge in [0, 0.05) is 17.1 Å². The summed E-state index contributed by atoms with van der Waals surface area (Å²) in [7, 11) is -3.46. The fraction of sp³-hybridized carbons (Fsp3) is 0.500. The Bertz CT molecular complexity index is 508. The average Bonchev–Trinajstić information content (AvgIpc) is 2.30. The quantitative estimate of drug-likeness (QED) is 0.807. The Morgan fingerprint density at radius 2 is 2.00 bits per heavy atom. The van der Waals surface area contributed by atoms with Crippen LogP contribution in [0, 0.1) is 6.92 Å². The van der Waals surface area contributed by atoms with Crippen molar-refractivity contribution in [2.45, 2.75) is 31.7 Å². The largest absolute Gasteiger partial charge is 0.313 e. The van der Waals surface area contributed by atoms with Crippen LogP contribution in [-0.2, 0) is 10.0 Å². The Labute approximate surface area is 130 Å². The Balaban J connectivity index is 0.00000324. The third-order valence-corrected chi connectivity index (χ3v) is 4.93. The fourth-order valence-electron chi connectivity index (χ4n) is 1.55. The molecule has 0 bridgehead atoms. The van der Waals surface area contributed by atoms with E-state index in [2.05, 4.69) is 26.0 Å². The van der Waals surface area contributed by atoms with Crippen LogP contribution < -0.4 is 10.0 Å². The van der Waals surface area contributed by atoms with Crippen LogP contribution in [0.15, 0.2) is 27.6 Å². The van der Waals surface area contributed by atoms with Crippen LogP contribution in [0.5, 0.6) is 0 Å². The molecule has 0 aliphatic heterocycles. The molecule has 0 unspecified atom stereocenters. The Morgan fingerprint density at radius 3 is 2.58 bits per heavy atom. The Kier molecular flexibility index (Phi) is 8.15. The molecule has 0 saturated carbocycles. The molecule has 7 heteroatoms. The molecule has 0 amide bonds. The van der Waals surface area contributed by atoms with Gasteiger partial charge in [0.25, 0.3) is 0 Å². The molecule has 1 atom stereocenters. The van der Waals surface area contributed by atoms with Crippen LogP contribution >= 0.6 is 28.3 Å². The minimum Gasteiger partial charge on any atom is -0.313 e. The summed E-state index contributed by atoms with van der Waals surface area (Å²) in [5.74, 6) is 0. The molecule has 2 N–H and O–H groups in total. The number of benzene rings is 1. The highest BCUT2D eigenvalue weighted by molar-refractivity contribution is 9.10. The molecule has 0 aromatic heterocycles. The summed E-state index contributed by atoms with van der Waals surface area (Å²) >= 11 is 3.27. The second-order valence-electron chi connectivity index (χ2n) is 4.24. The van der Waals surface area contributed by atoms with E-state index in [9.17, 15) is 8.42 Å². The molecule has 19 heavy (non-hydrogen) atoms. The SMILES string of the molecule is CCN[C@H](C)CNS(=O)(=O)c1cc(C)ccc1Br.Cl. The molecule has 0 fully saturated rings. The number of hydrogen-bond acceptors (Lipinski definition) is 3. The molecule has 0 aliphatic carbocycles. The topological polar surface area (TPSA) is 58.2 Å². The normalized spacial score (nSPS) is 12.8. The van der Waals surface area contributed by atoms with Gasteiger partial charge in [-0.1, -0.05) is 13.0 Å². The van der Waals surface area contributed by atoms with Crippen molar-refractivity contribution < 1.29 is 8.42 Å². The first-order valence-electron chi connectivity index (χ1n) is 5.86. The minimum atomic E-state index is -3.46. The lowest BCUT2D eigenvalue weighted by atomic mass is 10.2. The van der Waals surface area contributed by atoms with Crippen molar-refractivity contribution in [3.05, 3.63) is 28.2 Å². The molecule has 0 spiro atoms. The summed E-state index contributed by atoms with van der Waals surface area (Å²) in [6.45, 7) is 6.99. The molecule has 4 nitrogen and oxygen atoms in total. The van der Waals surface area contributed by atoms with Gasteiger partial charge in [0.2, 0.25) is 10.0 Å². The maximum Gasteiger partial charge on any atom is 0.241 e. The first kappa shape index (κ1) is 18.9. The molecule has 1 aromatic rings. The first-order chi connectivity index (χ1) is 8.36. The molecular formula is C12H20BrClN2O2S. The number of nitrogens with one attached hydrogen (secondary N) is 2. The zero-order valence-corrected chi connectivity index (χ0v) is 14.5. The maximum atomic E-state index is 12.1. The Morgan fingerprint density at radius 1 is 1.37 bits per heavy atom. The molecule has 0 aliphatic rings. The van der Waals surface area contributed by atoms with Crippen LogP contribution in [0.1, 0.15) is 19.4 Å². The molecular weight excluding hydrogens is 352 g/mol. The van der Waals surface area contributed by atoms with Gasteiger partial charge in [-0.25, -0.2) is 13.1 Å². The van der Waals surface area contributed by atoms with E-state index in [0.717, 1.165) is 12.1 Å². The third kappa shape index (κ3) is 5.79. The van der Waals surface area contributed by atoms with E-state index in [-0.39, 0.29) is 23.3 Å². The van der Waals surface area contributed by atoms with Gasteiger partial charge >= 0.3 is 0 Å². The monoisotopic (exact) mass is 370 g/mol. The van der Waals surface area contributed by atoms with E-state index in [1.54, 1.807) is 12.1 Å². The summed E-state index contributed by atoms with van der Waals surface area (Å²) in [6, 6.07) is 5.38. The van der Waals surface area contributed by atoms with E-state index in [0.29, 0.717) is 11.0 Å². The van der Waals surface area contributed by atoms with Crippen LogP contribution in [0.4, 0.5) is 0 Å². The lowest BCUT2D eigenvalue weighted by molar-refractivity contribution is 0.536. The van der Waals surface area contributed by atoms with E-state index in [1.165, 1.54) is 0 Å². The molecule has 1 aromatic carbocycles. The number of sulfonamides is 1. The first-order valence-corrected chi connectivity index (χ1v) is 8.13. The van der Waals surface area contributed by atoms with Crippen LogP contribution in [0.3, 0.4) is 0 Å². The lowest BCUT2D eigenvalue weighted by Gasteiger charge is -2.14. The Hall–Kier alpha value is -0.140. The maximum absolute atomic E-state index is 12.1. The standard InChI is InChI=1S/C12H19BrN2O2S.ClH/c1-4-14-10(3)8-15-18(16,17)12-7-9(2)5-6-11(12)13;/h5-7,10,14-15H,4,8H2,1-3H3;1H/t10-;/m1./s1. The lowest BCUT2D eigenvalue weighted by Crippen LogP contribution is -2.38. The predicted molar refractivity (Wildman–Crippen MR) is 84.5 cm³/mol. The van der Waals surface area contributed by atoms with Crippen molar-refractivity contribution in [2.75, 3.05) is 13.1 Å². The number of rotatable bonds is 6. The van der Waals surface area contributed by atoms with Crippen molar-refractivity contribution in [1.29, 1.82) is 0 Å². The van der Waals surface area contributed by atoms with Crippen molar-refractivity contribution in [3.63, 3.8) is 0 Å². The average molecular weight is 372 g/mol. The van der Waals surface area contributed by atoms with Crippen molar-refractivity contribution >= 4 is 38.4 Å². The molecule has 0 saturated heterocycles. The van der Waals surface area contributed by atoms with E-state index >= 15 is 0 Å². The summed E-state index contributed by atoms with van der Waals surface area (Å²) in [6.07, 6.45) is 0. The highest BCUT2D eigenvalue weighted by Gasteiger charge is 2.18. The van der Waals surface area contributed by atoms with Gasteiger partial charge in [-0.05, 0) is 54.0 Å². The van der Waals surface area contributed by atoms with E-state index in [4.69, 9.17) is 0 Å². The van der Waals surface area contributed by atoms with Crippen LogP contribution in [-0.4, -0.2) is 27.5 Å². The number of hydrogen-bond donors (Lipinski definition) is 2. The van der Waals surface area contributed by atoms with Crippen LogP contribution in [0.25, 0.3) is 0 Å². The smallest absolute Gasteiger partial charge is 0.241 e. The highest BCUT2D eigenvalue weighted by atomic mass is 79.9. The zero-order chi connectivity index (χ0) is 13.8.